The molecule has 0 heterocycles. The average Bonchev–Trinajstić information content (AvgIpc) is 2.97. The lowest BCUT2D eigenvalue weighted by Crippen LogP contribution is -2.29. The molecule has 0 aliphatic rings. The summed E-state index contributed by atoms with van der Waals surface area (Å²) < 4.78 is 44.3. The molecule has 0 saturated carbocycles. The largest absolute Gasteiger partial charge is 0.465 e. The van der Waals surface area contributed by atoms with Gasteiger partial charge in [0.15, 0.2) is 25.2 Å². The van der Waals surface area contributed by atoms with E-state index >= 15 is 0 Å². The van der Waals surface area contributed by atoms with Gasteiger partial charge in [-0.25, -0.2) is 9.59 Å². The molecule has 2 rings (SSSR count). The minimum Gasteiger partial charge on any atom is -0.465 e. The van der Waals surface area contributed by atoms with Gasteiger partial charge in [0, 0.05) is 16.6 Å². The van der Waals surface area contributed by atoms with Gasteiger partial charge in [-0.2, -0.15) is 0 Å². The molecule has 2 aromatic rings. The molecule has 0 spiro atoms. The van der Waals surface area contributed by atoms with Crippen LogP contribution in [-0.4, -0.2) is 63.5 Å². The minimum atomic E-state index is -0.598. The highest BCUT2D eigenvalue weighted by atomic mass is 16.8. The molecule has 0 fully saturated rings. The Balaban J connectivity index is 1.80. The SMILES string of the molecule is C=C(C)C(=O)OCCOC(C)Oc1ccc(C(C)(C)c2ccc(OC(C)OC(C)OC(C)OCCOC(=O)C(=C)C)cc2)cc1. The topological polar surface area (TPSA) is 108 Å². The number of rotatable bonds is 20. The van der Waals surface area contributed by atoms with Crippen molar-refractivity contribution in [1.29, 1.82) is 0 Å². The first-order valence-electron chi connectivity index (χ1n) is 14.9. The zero-order valence-electron chi connectivity index (χ0n) is 27.8. The lowest BCUT2D eigenvalue weighted by molar-refractivity contribution is -0.266. The summed E-state index contributed by atoms with van der Waals surface area (Å²) >= 11 is 0. The molecular formula is C35H48O10. The number of hydrogen-bond acceptors (Lipinski definition) is 10. The van der Waals surface area contributed by atoms with Gasteiger partial charge in [0.2, 0.25) is 0 Å². The fourth-order valence-corrected chi connectivity index (χ4v) is 4.07. The number of benzene rings is 2. The van der Waals surface area contributed by atoms with Crippen LogP contribution >= 0.6 is 0 Å². The summed E-state index contributed by atoms with van der Waals surface area (Å²) in [5.74, 6) is 0.428. The Morgan fingerprint density at radius 2 is 0.978 bits per heavy atom. The second-order valence-electron chi connectivity index (χ2n) is 11.0. The molecule has 0 N–H and O–H groups in total. The Labute approximate surface area is 267 Å². The number of esters is 2. The van der Waals surface area contributed by atoms with Crippen LogP contribution in [0.25, 0.3) is 0 Å². The van der Waals surface area contributed by atoms with Gasteiger partial charge in [0.05, 0.1) is 13.2 Å². The van der Waals surface area contributed by atoms with Crippen LogP contribution in [0.15, 0.2) is 72.8 Å². The van der Waals surface area contributed by atoms with E-state index in [4.69, 9.17) is 37.9 Å². The summed E-state index contributed by atoms with van der Waals surface area (Å²) in [4.78, 5) is 22.8. The molecule has 0 aliphatic carbocycles. The van der Waals surface area contributed by atoms with Crippen LogP contribution in [0.3, 0.4) is 0 Å². The van der Waals surface area contributed by atoms with Crippen molar-refractivity contribution in [2.75, 3.05) is 26.4 Å². The van der Waals surface area contributed by atoms with Gasteiger partial charge in [-0.15, -0.1) is 0 Å². The van der Waals surface area contributed by atoms with Crippen molar-refractivity contribution in [3.63, 3.8) is 0 Å². The molecular weight excluding hydrogens is 580 g/mol. The van der Waals surface area contributed by atoms with Gasteiger partial charge >= 0.3 is 11.9 Å². The van der Waals surface area contributed by atoms with Crippen molar-refractivity contribution in [3.05, 3.63) is 84.0 Å². The third-order valence-electron chi connectivity index (χ3n) is 6.56. The molecule has 0 radical (unpaired) electrons. The molecule has 0 amide bonds. The zero-order chi connectivity index (χ0) is 33.6. The maximum Gasteiger partial charge on any atom is 0.333 e. The van der Waals surface area contributed by atoms with Crippen LogP contribution < -0.4 is 9.47 Å². The van der Waals surface area contributed by atoms with Crippen molar-refractivity contribution in [2.45, 2.75) is 86.0 Å². The summed E-state index contributed by atoms with van der Waals surface area (Å²) in [7, 11) is 0. The molecule has 0 aliphatic heterocycles. The molecule has 10 nitrogen and oxygen atoms in total. The second kappa shape index (κ2) is 18.3. The first-order valence-corrected chi connectivity index (χ1v) is 14.9. The van der Waals surface area contributed by atoms with E-state index in [1.54, 1.807) is 41.5 Å². The van der Waals surface area contributed by atoms with Gasteiger partial charge in [0.1, 0.15) is 24.7 Å². The third kappa shape index (κ3) is 13.4. The lowest BCUT2D eigenvalue weighted by Gasteiger charge is -2.27. The van der Waals surface area contributed by atoms with Crippen molar-refractivity contribution >= 4 is 11.9 Å². The fourth-order valence-electron chi connectivity index (χ4n) is 4.07. The first kappa shape index (κ1) is 37.5. The molecule has 2 aromatic carbocycles. The van der Waals surface area contributed by atoms with Gasteiger partial charge in [-0.05, 0) is 76.9 Å². The third-order valence-corrected chi connectivity index (χ3v) is 6.56. The lowest BCUT2D eigenvalue weighted by atomic mass is 9.78. The van der Waals surface area contributed by atoms with E-state index in [2.05, 4.69) is 27.0 Å². The standard InChI is InChI=1S/C35H48O10/c1-23(2)33(36)40-21-19-38-25(5)42-27(7)43-28(8)45-32-17-13-30(14-18-32)35(9,10)29-11-15-31(16-12-29)44-26(6)39-20-22-41-34(37)24(3)4/h11-18,25-28H,1,3,19-22H2,2,4-10H3. The van der Waals surface area contributed by atoms with Crippen LogP contribution in [0, 0.1) is 0 Å². The monoisotopic (exact) mass is 628 g/mol. The highest BCUT2D eigenvalue weighted by Gasteiger charge is 2.24. The van der Waals surface area contributed by atoms with Crippen molar-refractivity contribution < 1.29 is 47.5 Å². The van der Waals surface area contributed by atoms with E-state index in [0.29, 0.717) is 22.6 Å². The minimum absolute atomic E-state index is 0.106. The zero-order valence-corrected chi connectivity index (χ0v) is 27.8. The second-order valence-corrected chi connectivity index (χ2v) is 11.0. The van der Waals surface area contributed by atoms with Gasteiger partial charge < -0.3 is 37.9 Å². The summed E-state index contributed by atoms with van der Waals surface area (Å²) in [5.41, 5.74) is 2.61. The number of ether oxygens (including phenoxy) is 8. The van der Waals surface area contributed by atoms with Crippen LogP contribution in [-0.2, 0) is 43.4 Å². The van der Waals surface area contributed by atoms with Gasteiger partial charge in [-0.1, -0.05) is 51.3 Å². The van der Waals surface area contributed by atoms with Crippen LogP contribution in [0.1, 0.15) is 66.5 Å². The van der Waals surface area contributed by atoms with E-state index in [0.717, 1.165) is 11.1 Å². The number of carbonyl (C=O) groups is 2. The van der Waals surface area contributed by atoms with Crippen molar-refractivity contribution in [3.8, 4) is 11.5 Å². The molecule has 0 saturated heterocycles. The van der Waals surface area contributed by atoms with E-state index in [-0.39, 0.29) is 31.8 Å². The highest BCUT2D eigenvalue weighted by molar-refractivity contribution is 5.87. The molecule has 45 heavy (non-hydrogen) atoms. The summed E-state index contributed by atoms with van der Waals surface area (Å²) in [6.45, 7) is 22.2. The molecule has 4 atom stereocenters. The maximum atomic E-state index is 11.4. The molecule has 0 bridgehead atoms. The first-order chi connectivity index (χ1) is 21.2. The molecule has 248 valence electrons. The van der Waals surface area contributed by atoms with Crippen molar-refractivity contribution in [1.82, 2.24) is 0 Å². The smallest absolute Gasteiger partial charge is 0.333 e. The van der Waals surface area contributed by atoms with Crippen LogP contribution in [0.4, 0.5) is 0 Å². The van der Waals surface area contributed by atoms with E-state index in [9.17, 15) is 9.59 Å². The Morgan fingerprint density at radius 3 is 1.40 bits per heavy atom. The van der Waals surface area contributed by atoms with Crippen LogP contribution in [0.2, 0.25) is 0 Å². The normalized spacial score (nSPS) is 14.0. The number of hydrogen-bond donors (Lipinski definition) is 0. The summed E-state index contributed by atoms with van der Waals surface area (Å²) in [6, 6.07) is 15.7. The Hall–Kier alpha value is -3.70. The highest BCUT2D eigenvalue weighted by Crippen LogP contribution is 2.33. The van der Waals surface area contributed by atoms with Gasteiger partial charge in [0.25, 0.3) is 0 Å². The summed E-state index contributed by atoms with van der Waals surface area (Å²) in [5, 5.41) is 0. The van der Waals surface area contributed by atoms with E-state index < -0.39 is 37.1 Å². The van der Waals surface area contributed by atoms with Crippen LogP contribution in [0.5, 0.6) is 11.5 Å². The predicted octanol–water partition coefficient (Wildman–Crippen LogP) is 6.46. The Morgan fingerprint density at radius 1 is 0.600 bits per heavy atom. The van der Waals surface area contributed by atoms with Crippen molar-refractivity contribution in [2.24, 2.45) is 0 Å². The summed E-state index contributed by atoms with van der Waals surface area (Å²) in [6.07, 6.45) is -2.26. The van der Waals surface area contributed by atoms with Gasteiger partial charge in [-0.3, -0.25) is 0 Å². The van der Waals surface area contributed by atoms with E-state index in [1.807, 2.05) is 48.5 Å². The predicted molar refractivity (Wildman–Crippen MR) is 170 cm³/mol. The quantitative estimate of drug-likeness (QED) is 0.0702. The fraction of sp³-hybridized carbons (Fsp3) is 0.486. The number of carbonyl (C=O) groups excluding carboxylic acids is 2. The molecule has 0 aromatic heterocycles. The Kier molecular flexibility index (Phi) is 15.3. The maximum absolute atomic E-state index is 11.4. The van der Waals surface area contributed by atoms with E-state index in [1.165, 1.54) is 0 Å². The molecule has 10 heteroatoms. The Bertz CT molecular complexity index is 1240. The molecule has 4 unspecified atom stereocenters. The average molecular weight is 629 g/mol.